The van der Waals surface area contributed by atoms with Gasteiger partial charge in [0.15, 0.2) is 0 Å². The van der Waals surface area contributed by atoms with Crippen LogP contribution in [0.1, 0.15) is 24.5 Å². The topological polar surface area (TPSA) is 8.17 Å². The minimum Gasteiger partial charge on any atom is -0.302 e. The lowest BCUT2D eigenvalue weighted by molar-refractivity contribution is 0.246. The lowest BCUT2D eigenvalue weighted by Crippen LogP contribution is -2.40. The highest BCUT2D eigenvalue weighted by Gasteiger charge is 2.74. The predicted molar refractivity (Wildman–Crippen MR) is 85.9 cm³/mol. The molecule has 1 saturated carbocycles. The van der Waals surface area contributed by atoms with Crippen molar-refractivity contribution in [2.45, 2.75) is 31.2 Å². The summed E-state index contributed by atoms with van der Waals surface area (Å²) in [6.45, 7) is 3.76. The minimum absolute atomic E-state index is 0.451. The number of likely N-dealkylation sites (tertiary alicyclic amines) is 1. The fourth-order valence-corrected chi connectivity index (χ4v) is 6.05. The molecule has 1 aromatic carbocycles. The Morgan fingerprint density at radius 3 is 3.05 bits per heavy atom. The van der Waals surface area contributed by atoms with Gasteiger partial charge in [-0.15, -0.1) is 0 Å². The number of likely N-dealkylation sites (N-methyl/N-ethyl adjacent to an activating group) is 1. The van der Waals surface area contributed by atoms with Crippen LogP contribution >= 0.6 is 22.9 Å². The molecule has 0 bridgehead atoms. The van der Waals surface area contributed by atoms with E-state index >= 15 is 0 Å². The van der Waals surface area contributed by atoms with Gasteiger partial charge >= 0.3 is 0 Å². The maximum absolute atomic E-state index is 2.61. The molecule has 2 heterocycles. The average Bonchev–Trinajstić information content (AvgIpc) is 2.72. The summed E-state index contributed by atoms with van der Waals surface area (Å²) in [5.74, 6) is 0. The van der Waals surface area contributed by atoms with Gasteiger partial charge in [0, 0.05) is 29.6 Å². The molecule has 3 unspecified atom stereocenters. The van der Waals surface area contributed by atoms with Crippen LogP contribution in [0.3, 0.4) is 0 Å². The molecule has 1 saturated heterocycles. The van der Waals surface area contributed by atoms with E-state index in [-0.39, 0.29) is 0 Å². The Morgan fingerprint density at radius 1 is 1.37 bits per heavy atom. The van der Waals surface area contributed by atoms with E-state index in [4.69, 9.17) is 0 Å². The molecule has 1 spiro atoms. The number of nitrogens with zero attached hydrogens (tertiary/aromatic N) is 2. The summed E-state index contributed by atoms with van der Waals surface area (Å²) < 4.78 is 2.28. The lowest BCUT2D eigenvalue weighted by Gasteiger charge is -2.34. The van der Waals surface area contributed by atoms with Crippen LogP contribution in [-0.2, 0) is 11.8 Å². The van der Waals surface area contributed by atoms with Crippen molar-refractivity contribution in [1.29, 1.82) is 0 Å². The van der Waals surface area contributed by atoms with Crippen molar-refractivity contribution < 1.29 is 0 Å². The Morgan fingerprint density at radius 2 is 2.21 bits per heavy atom. The highest BCUT2D eigenvalue weighted by Crippen LogP contribution is 2.73. The molecule has 0 N–H and O–H groups in total. The zero-order valence-corrected chi connectivity index (χ0v) is 13.4. The Hall–Kier alpha value is -0.550. The second kappa shape index (κ2) is 3.03. The maximum Gasteiger partial charge on any atom is 0.0640 e. The van der Waals surface area contributed by atoms with Crippen molar-refractivity contribution in [3.8, 4) is 0 Å². The van der Waals surface area contributed by atoms with Gasteiger partial charge in [0.2, 0.25) is 0 Å². The van der Waals surface area contributed by atoms with Gasteiger partial charge in [-0.2, -0.15) is 0 Å². The summed E-state index contributed by atoms with van der Waals surface area (Å²) in [4.78, 5) is 2.61. The number of benzene rings is 1. The van der Waals surface area contributed by atoms with E-state index in [1.54, 1.807) is 16.5 Å². The molecule has 1 aliphatic heterocycles. The van der Waals surface area contributed by atoms with Gasteiger partial charge in [0.25, 0.3) is 0 Å². The third kappa shape index (κ3) is 1.03. The van der Waals surface area contributed by atoms with Gasteiger partial charge in [0.1, 0.15) is 0 Å². The number of halogens is 1. The first-order valence-corrected chi connectivity index (χ1v) is 8.03. The SMILES string of the molecule is CN1CC2(C)CC23c2cccc4c2c(cn4I)CC13. The second-order valence-electron chi connectivity index (χ2n) is 7.01. The molecule has 3 heteroatoms. The van der Waals surface area contributed by atoms with Gasteiger partial charge in [-0.25, -0.2) is 0 Å². The van der Waals surface area contributed by atoms with E-state index in [1.165, 1.54) is 24.9 Å². The standard InChI is InChI=1S/C16H17IN2/c1-15-8-16(15)11-4-3-5-12-14(11)10(7-19(12)17)6-13(16)18(2)9-15/h3-5,7,13H,6,8-9H2,1-2H3. The molecule has 3 aliphatic rings. The number of hydrogen-bond acceptors (Lipinski definition) is 1. The van der Waals surface area contributed by atoms with Crippen LogP contribution in [0.5, 0.6) is 0 Å². The average molecular weight is 364 g/mol. The van der Waals surface area contributed by atoms with Gasteiger partial charge in [-0.1, -0.05) is 19.1 Å². The molecule has 19 heavy (non-hydrogen) atoms. The molecular weight excluding hydrogens is 347 g/mol. The van der Waals surface area contributed by atoms with Gasteiger partial charge < -0.3 is 4.90 Å². The van der Waals surface area contributed by atoms with Gasteiger partial charge in [-0.3, -0.25) is 2.78 Å². The minimum atomic E-state index is 0.451. The molecule has 3 atom stereocenters. The van der Waals surface area contributed by atoms with Crippen LogP contribution in [0.25, 0.3) is 10.9 Å². The van der Waals surface area contributed by atoms with E-state index in [0.717, 1.165) is 6.04 Å². The fraction of sp³-hybridized carbons (Fsp3) is 0.500. The smallest absolute Gasteiger partial charge is 0.0640 e. The number of aromatic nitrogens is 1. The molecule has 0 amide bonds. The van der Waals surface area contributed by atoms with Crippen LogP contribution in [0.15, 0.2) is 24.4 Å². The predicted octanol–water partition coefficient (Wildman–Crippen LogP) is 3.36. The van der Waals surface area contributed by atoms with Gasteiger partial charge in [0.05, 0.1) is 28.4 Å². The highest BCUT2D eigenvalue weighted by atomic mass is 127. The van der Waals surface area contributed by atoms with E-state index in [1.807, 2.05) is 0 Å². The summed E-state index contributed by atoms with van der Waals surface area (Å²) in [5, 5.41) is 1.56. The zero-order valence-electron chi connectivity index (χ0n) is 11.3. The molecule has 2 aromatic rings. The Labute approximate surface area is 127 Å². The third-order valence-corrected chi connectivity index (χ3v) is 6.88. The molecule has 2 aliphatic carbocycles. The van der Waals surface area contributed by atoms with Crippen molar-refractivity contribution in [2.24, 2.45) is 5.41 Å². The van der Waals surface area contributed by atoms with Crippen molar-refractivity contribution in [3.63, 3.8) is 0 Å². The van der Waals surface area contributed by atoms with E-state index in [2.05, 4.69) is 68.9 Å². The van der Waals surface area contributed by atoms with E-state index in [0.29, 0.717) is 10.8 Å². The van der Waals surface area contributed by atoms with Crippen LogP contribution in [0.2, 0.25) is 0 Å². The normalized spacial score (nSPS) is 39.4. The number of hydrogen-bond donors (Lipinski definition) is 0. The van der Waals surface area contributed by atoms with Crippen LogP contribution in [0.4, 0.5) is 0 Å². The summed E-state index contributed by atoms with van der Waals surface area (Å²) in [5.41, 5.74) is 5.57. The van der Waals surface area contributed by atoms with Crippen molar-refractivity contribution in [1.82, 2.24) is 7.68 Å². The van der Waals surface area contributed by atoms with Crippen molar-refractivity contribution >= 4 is 33.8 Å². The van der Waals surface area contributed by atoms with E-state index in [9.17, 15) is 0 Å². The largest absolute Gasteiger partial charge is 0.302 e. The molecule has 2 nitrogen and oxygen atoms in total. The summed E-state index contributed by atoms with van der Waals surface area (Å²) in [6.07, 6.45) is 4.96. The Balaban J connectivity index is 1.90. The second-order valence-corrected chi connectivity index (χ2v) is 8.05. The monoisotopic (exact) mass is 364 g/mol. The van der Waals surface area contributed by atoms with Crippen LogP contribution in [0, 0.1) is 5.41 Å². The third-order valence-electron chi connectivity index (χ3n) is 6.08. The maximum atomic E-state index is 2.61. The molecule has 98 valence electrons. The first kappa shape index (κ1) is 11.1. The first-order chi connectivity index (χ1) is 9.07. The van der Waals surface area contributed by atoms with Crippen molar-refractivity contribution in [3.05, 3.63) is 35.5 Å². The number of piperidine rings is 1. The van der Waals surface area contributed by atoms with E-state index < -0.39 is 0 Å². The summed E-state index contributed by atoms with van der Waals surface area (Å²) >= 11 is 2.42. The Kier molecular flexibility index (Phi) is 1.78. The van der Waals surface area contributed by atoms with Gasteiger partial charge in [-0.05, 0) is 42.5 Å². The highest BCUT2D eigenvalue weighted by molar-refractivity contribution is 14.1. The molecule has 1 aromatic heterocycles. The quantitative estimate of drug-likeness (QED) is 0.651. The Bertz CT molecular complexity index is 734. The van der Waals surface area contributed by atoms with Crippen LogP contribution < -0.4 is 0 Å². The molecule has 2 fully saturated rings. The molecular formula is C16H17IN2. The summed E-state index contributed by atoms with van der Waals surface area (Å²) in [7, 11) is 2.32. The lowest BCUT2D eigenvalue weighted by atomic mass is 9.75. The number of rotatable bonds is 0. The van der Waals surface area contributed by atoms with Crippen LogP contribution in [-0.4, -0.2) is 27.3 Å². The fourth-order valence-electron chi connectivity index (χ4n) is 5.32. The molecule has 0 radical (unpaired) electrons. The van der Waals surface area contributed by atoms with Crippen molar-refractivity contribution in [2.75, 3.05) is 13.6 Å². The molecule has 5 rings (SSSR count). The first-order valence-electron chi connectivity index (χ1n) is 7.07. The summed E-state index contributed by atoms with van der Waals surface area (Å²) in [6, 6.07) is 7.64. The zero-order chi connectivity index (χ0) is 13.0.